The van der Waals surface area contributed by atoms with Crippen LogP contribution in [0, 0.1) is 0 Å². The molecule has 144 valence electrons. The standard InChI is InChI=1S/C19H29N3O4/c1-19(2,3)21-17(23)11-16-18(24)20-6-7-22(16)12-13-8-14(25-4)10-15(9-13)26-5/h8-10,16H,6-7,11-12H2,1-5H3,(H,20,24)(H,21,23)/t16-/m1/s1. The van der Waals surface area contributed by atoms with Crippen molar-refractivity contribution >= 4 is 11.8 Å². The van der Waals surface area contributed by atoms with E-state index in [1.165, 1.54) is 0 Å². The third kappa shape index (κ3) is 5.62. The highest BCUT2D eigenvalue weighted by Gasteiger charge is 2.32. The van der Waals surface area contributed by atoms with Crippen molar-refractivity contribution in [3.05, 3.63) is 23.8 Å². The zero-order chi connectivity index (χ0) is 19.3. The number of rotatable bonds is 6. The molecular weight excluding hydrogens is 334 g/mol. The molecule has 0 bridgehead atoms. The second-order valence-corrected chi connectivity index (χ2v) is 7.50. The molecule has 0 spiro atoms. The second-order valence-electron chi connectivity index (χ2n) is 7.50. The topological polar surface area (TPSA) is 79.9 Å². The Morgan fingerprint density at radius 3 is 2.38 bits per heavy atom. The van der Waals surface area contributed by atoms with E-state index in [4.69, 9.17) is 9.47 Å². The molecule has 1 heterocycles. The predicted molar refractivity (Wildman–Crippen MR) is 99.3 cm³/mol. The van der Waals surface area contributed by atoms with E-state index in [0.29, 0.717) is 31.1 Å². The minimum Gasteiger partial charge on any atom is -0.497 e. The number of ether oxygens (including phenoxy) is 2. The predicted octanol–water partition coefficient (Wildman–Crippen LogP) is 1.31. The Morgan fingerprint density at radius 1 is 1.23 bits per heavy atom. The van der Waals surface area contributed by atoms with Gasteiger partial charge in [0.1, 0.15) is 11.5 Å². The van der Waals surface area contributed by atoms with E-state index in [0.717, 1.165) is 5.56 Å². The highest BCUT2D eigenvalue weighted by atomic mass is 16.5. The molecule has 0 unspecified atom stereocenters. The van der Waals surface area contributed by atoms with Crippen molar-refractivity contribution in [1.29, 1.82) is 0 Å². The number of nitrogens with one attached hydrogen (secondary N) is 2. The molecule has 1 aliphatic heterocycles. The smallest absolute Gasteiger partial charge is 0.237 e. The van der Waals surface area contributed by atoms with E-state index in [2.05, 4.69) is 10.6 Å². The normalized spacial score (nSPS) is 18.2. The van der Waals surface area contributed by atoms with Gasteiger partial charge in [-0.2, -0.15) is 0 Å². The molecule has 7 nitrogen and oxygen atoms in total. The number of methoxy groups -OCH3 is 2. The van der Waals surface area contributed by atoms with Crippen LogP contribution in [0.15, 0.2) is 18.2 Å². The lowest BCUT2D eigenvalue weighted by molar-refractivity contribution is -0.134. The summed E-state index contributed by atoms with van der Waals surface area (Å²) in [5.41, 5.74) is 0.643. The molecule has 0 saturated carbocycles. The summed E-state index contributed by atoms with van der Waals surface area (Å²) in [5, 5.41) is 5.77. The third-order valence-electron chi connectivity index (χ3n) is 4.13. The Morgan fingerprint density at radius 2 is 1.85 bits per heavy atom. The summed E-state index contributed by atoms with van der Waals surface area (Å²) in [6.45, 7) is 7.55. The van der Waals surface area contributed by atoms with Gasteiger partial charge in [-0.25, -0.2) is 0 Å². The molecule has 1 fully saturated rings. The summed E-state index contributed by atoms with van der Waals surface area (Å²) < 4.78 is 10.6. The SMILES string of the molecule is COc1cc(CN2CCNC(=O)[C@H]2CC(=O)NC(C)(C)C)cc(OC)c1. The monoisotopic (exact) mass is 363 g/mol. The van der Waals surface area contributed by atoms with Crippen LogP contribution in [0.25, 0.3) is 0 Å². The molecule has 1 aromatic carbocycles. The van der Waals surface area contributed by atoms with E-state index in [1.54, 1.807) is 20.3 Å². The number of amides is 2. The number of hydrogen-bond donors (Lipinski definition) is 2. The van der Waals surface area contributed by atoms with Crippen molar-refractivity contribution in [3.63, 3.8) is 0 Å². The first-order valence-electron chi connectivity index (χ1n) is 8.76. The van der Waals surface area contributed by atoms with Crippen molar-refractivity contribution in [3.8, 4) is 11.5 Å². The first-order chi connectivity index (χ1) is 12.2. The fraction of sp³-hybridized carbons (Fsp3) is 0.579. The van der Waals surface area contributed by atoms with Gasteiger partial charge >= 0.3 is 0 Å². The number of carbonyl (C=O) groups excluding carboxylic acids is 2. The van der Waals surface area contributed by atoms with Gasteiger partial charge in [-0.05, 0) is 38.5 Å². The van der Waals surface area contributed by atoms with Gasteiger partial charge in [0, 0.05) is 31.2 Å². The largest absolute Gasteiger partial charge is 0.497 e. The van der Waals surface area contributed by atoms with Crippen molar-refractivity contribution in [2.45, 2.75) is 45.3 Å². The van der Waals surface area contributed by atoms with Crippen LogP contribution in [0.3, 0.4) is 0 Å². The zero-order valence-corrected chi connectivity index (χ0v) is 16.2. The van der Waals surface area contributed by atoms with Gasteiger partial charge in [-0.3, -0.25) is 14.5 Å². The van der Waals surface area contributed by atoms with Crippen LogP contribution in [0.1, 0.15) is 32.8 Å². The first-order valence-corrected chi connectivity index (χ1v) is 8.76. The summed E-state index contributed by atoms with van der Waals surface area (Å²) in [6.07, 6.45) is 0.129. The van der Waals surface area contributed by atoms with Gasteiger partial charge < -0.3 is 20.1 Å². The van der Waals surface area contributed by atoms with Crippen LogP contribution in [-0.4, -0.2) is 55.6 Å². The highest BCUT2D eigenvalue weighted by Crippen LogP contribution is 2.24. The fourth-order valence-electron chi connectivity index (χ4n) is 3.01. The first kappa shape index (κ1) is 20.0. The summed E-state index contributed by atoms with van der Waals surface area (Å²) in [7, 11) is 3.21. The van der Waals surface area contributed by atoms with E-state index in [9.17, 15) is 9.59 Å². The molecule has 1 atom stereocenters. The fourth-order valence-corrected chi connectivity index (χ4v) is 3.01. The lowest BCUT2D eigenvalue weighted by Gasteiger charge is -2.35. The molecule has 0 aromatic heterocycles. The molecule has 26 heavy (non-hydrogen) atoms. The van der Waals surface area contributed by atoms with E-state index in [-0.39, 0.29) is 23.8 Å². The minimum atomic E-state index is -0.497. The van der Waals surface area contributed by atoms with E-state index < -0.39 is 6.04 Å². The van der Waals surface area contributed by atoms with Crippen LogP contribution >= 0.6 is 0 Å². The Balaban J connectivity index is 2.15. The summed E-state index contributed by atoms with van der Waals surface area (Å²) >= 11 is 0. The van der Waals surface area contributed by atoms with Crippen molar-refractivity contribution < 1.29 is 19.1 Å². The Hall–Kier alpha value is -2.28. The van der Waals surface area contributed by atoms with Gasteiger partial charge in [0.05, 0.1) is 26.7 Å². The summed E-state index contributed by atoms with van der Waals surface area (Å²) in [5.74, 6) is 1.15. The summed E-state index contributed by atoms with van der Waals surface area (Å²) in [4.78, 5) is 26.7. The van der Waals surface area contributed by atoms with Crippen LogP contribution in [0.4, 0.5) is 0 Å². The molecule has 1 aromatic rings. The van der Waals surface area contributed by atoms with Crippen molar-refractivity contribution in [2.75, 3.05) is 27.3 Å². The maximum absolute atomic E-state index is 12.4. The van der Waals surface area contributed by atoms with Gasteiger partial charge in [-0.1, -0.05) is 0 Å². The number of benzene rings is 1. The molecule has 0 aliphatic carbocycles. The number of piperazine rings is 1. The van der Waals surface area contributed by atoms with Gasteiger partial charge in [-0.15, -0.1) is 0 Å². The van der Waals surface area contributed by atoms with Crippen LogP contribution in [0.2, 0.25) is 0 Å². The van der Waals surface area contributed by atoms with Crippen LogP contribution < -0.4 is 20.1 Å². The number of hydrogen-bond acceptors (Lipinski definition) is 5. The van der Waals surface area contributed by atoms with Crippen molar-refractivity contribution in [1.82, 2.24) is 15.5 Å². The van der Waals surface area contributed by atoms with Crippen LogP contribution in [-0.2, 0) is 16.1 Å². The molecule has 2 amide bonds. The number of nitrogens with zero attached hydrogens (tertiary/aromatic N) is 1. The van der Waals surface area contributed by atoms with E-state index >= 15 is 0 Å². The lowest BCUT2D eigenvalue weighted by Crippen LogP contribution is -2.56. The Labute approximate surface area is 155 Å². The molecule has 2 rings (SSSR count). The second kappa shape index (κ2) is 8.40. The number of carbonyl (C=O) groups is 2. The maximum atomic E-state index is 12.4. The van der Waals surface area contributed by atoms with Gasteiger partial charge in [0.15, 0.2) is 0 Å². The molecule has 1 saturated heterocycles. The highest BCUT2D eigenvalue weighted by molar-refractivity contribution is 5.89. The molecule has 0 radical (unpaired) electrons. The molecular formula is C19H29N3O4. The van der Waals surface area contributed by atoms with Crippen LogP contribution in [0.5, 0.6) is 11.5 Å². The summed E-state index contributed by atoms with van der Waals surface area (Å²) in [6, 6.07) is 5.15. The zero-order valence-electron chi connectivity index (χ0n) is 16.2. The lowest BCUT2D eigenvalue weighted by atomic mass is 10.0. The molecule has 1 aliphatic rings. The molecule has 7 heteroatoms. The Bertz CT molecular complexity index is 632. The maximum Gasteiger partial charge on any atom is 0.237 e. The molecule has 2 N–H and O–H groups in total. The third-order valence-corrected chi connectivity index (χ3v) is 4.13. The van der Waals surface area contributed by atoms with Crippen molar-refractivity contribution in [2.24, 2.45) is 0 Å². The average Bonchev–Trinajstić information content (AvgIpc) is 2.56. The van der Waals surface area contributed by atoms with Gasteiger partial charge in [0.2, 0.25) is 11.8 Å². The quantitative estimate of drug-likeness (QED) is 0.797. The van der Waals surface area contributed by atoms with Gasteiger partial charge in [0.25, 0.3) is 0 Å². The van der Waals surface area contributed by atoms with E-state index in [1.807, 2.05) is 37.8 Å². The average molecular weight is 363 g/mol. The Kier molecular flexibility index (Phi) is 6.47. The minimum absolute atomic E-state index is 0.116.